The number of fused-ring (bicyclic) bond motifs is 1. The molecule has 1 aromatic carbocycles. The van der Waals surface area contributed by atoms with Crippen molar-refractivity contribution >= 4 is 11.8 Å². The number of aromatic nitrogens is 1. The maximum absolute atomic E-state index is 13.4. The lowest BCUT2D eigenvalue weighted by Crippen LogP contribution is -2.41. The molecule has 1 aliphatic heterocycles. The largest absolute Gasteiger partial charge is 0.335 e. The van der Waals surface area contributed by atoms with Gasteiger partial charge in [-0.25, -0.2) is 0 Å². The molecule has 158 valence electrons. The summed E-state index contributed by atoms with van der Waals surface area (Å²) in [6.07, 6.45) is 8.82. The second-order valence-corrected chi connectivity index (χ2v) is 8.63. The van der Waals surface area contributed by atoms with Crippen molar-refractivity contribution in [1.29, 1.82) is 0 Å². The van der Waals surface area contributed by atoms with Gasteiger partial charge in [0.1, 0.15) is 5.49 Å². The highest BCUT2D eigenvalue weighted by molar-refractivity contribution is 5.81. The first kappa shape index (κ1) is 20.6. The predicted octanol–water partition coefficient (Wildman–Crippen LogP) is 4.21. The minimum Gasteiger partial charge on any atom is -0.335 e. The molecule has 1 aliphatic carbocycles. The van der Waals surface area contributed by atoms with Crippen LogP contribution >= 0.6 is 0 Å². The Balaban J connectivity index is 1.66. The summed E-state index contributed by atoms with van der Waals surface area (Å²) in [5.74, 6) is 0.000776. The summed E-state index contributed by atoms with van der Waals surface area (Å²) in [6, 6.07) is 12.2. The maximum atomic E-state index is 13.4. The second-order valence-electron chi connectivity index (χ2n) is 8.63. The highest BCUT2D eigenvalue weighted by Gasteiger charge is 2.31. The van der Waals surface area contributed by atoms with E-state index in [0.29, 0.717) is 12.6 Å². The van der Waals surface area contributed by atoms with Crippen LogP contribution in [-0.2, 0) is 11.2 Å². The minimum absolute atomic E-state index is 0.0162. The monoisotopic (exact) mass is 405 g/mol. The predicted molar refractivity (Wildman–Crippen MR) is 117 cm³/mol. The molecule has 0 N–H and O–H groups in total. The summed E-state index contributed by atoms with van der Waals surface area (Å²) in [5, 5.41) is 0. The number of rotatable bonds is 3. The van der Waals surface area contributed by atoms with Gasteiger partial charge in [-0.1, -0.05) is 43.5 Å². The quantitative estimate of drug-likeness (QED) is 0.768. The number of carbonyl (C=O) groups is 2. The summed E-state index contributed by atoms with van der Waals surface area (Å²) < 4.78 is 1.69. The third-order valence-corrected chi connectivity index (χ3v) is 6.43. The van der Waals surface area contributed by atoms with E-state index >= 15 is 0 Å². The third kappa shape index (κ3) is 4.40. The van der Waals surface area contributed by atoms with Crippen molar-refractivity contribution in [2.24, 2.45) is 4.99 Å². The average Bonchev–Trinajstić information content (AvgIpc) is 2.74. The standard InChI is InChI=1S/C25H31N3O2/c1-18-12-14-28(24(16-18)26-21-9-4-3-5-10-21)25(30)17-23-22-11-7-6-8-20(22)13-15-27(23)19(2)29/h6-8,11-12,14,16,21,23H,3-5,9-10,13,15,17H2,1-2H3. The molecule has 0 saturated heterocycles. The van der Waals surface area contributed by atoms with Gasteiger partial charge in [0.15, 0.2) is 0 Å². The van der Waals surface area contributed by atoms with E-state index in [0.717, 1.165) is 35.9 Å². The molecule has 2 aromatic rings. The normalized spacial score (nSPS) is 20.1. The fourth-order valence-corrected chi connectivity index (χ4v) is 4.81. The molecular weight excluding hydrogens is 374 g/mol. The van der Waals surface area contributed by atoms with Crippen LogP contribution in [0.1, 0.15) is 73.0 Å². The van der Waals surface area contributed by atoms with Crippen LogP contribution in [0.5, 0.6) is 0 Å². The Bertz CT molecular complexity index is 1000. The van der Waals surface area contributed by atoms with Gasteiger partial charge in [0.25, 0.3) is 0 Å². The highest BCUT2D eigenvalue weighted by atomic mass is 16.2. The van der Waals surface area contributed by atoms with Gasteiger partial charge in [0.05, 0.1) is 18.5 Å². The Morgan fingerprint density at radius 3 is 2.63 bits per heavy atom. The van der Waals surface area contributed by atoms with Gasteiger partial charge in [-0.2, -0.15) is 0 Å². The molecule has 5 nitrogen and oxygen atoms in total. The van der Waals surface area contributed by atoms with Gasteiger partial charge < -0.3 is 4.90 Å². The fourth-order valence-electron chi connectivity index (χ4n) is 4.81. The van der Waals surface area contributed by atoms with Gasteiger partial charge >= 0.3 is 0 Å². The van der Waals surface area contributed by atoms with E-state index in [2.05, 4.69) is 12.1 Å². The molecular formula is C25H31N3O2. The number of nitrogens with zero attached hydrogens (tertiary/aromatic N) is 3. The fraction of sp³-hybridized carbons (Fsp3) is 0.480. The first-order valence-electron chi connectivity index (χ1n) is 11.1. The Morgan fingerprint density at radius 1 is 1.10 bits per heavy atom. The number of hydrogen-bond acceptors (Lipinski definition) is 3. The van der Waals surface area contributed by atoms with E-state index in [9.17, 15) is 9.59 Å². The Labute approximate surface area is 178 Å². The maximum Gasteiger partial charge on any atom is 0.234 e. The number of pyridine rings is 1. The molecule has 1 saturated carbocycles. The smallest absolute Gasteiger partial charge is 0.234 e. The van der Waals surface area contributed by atoms with Crippen LogP contribution < -0.4 is 5.49 Å². The first-order chi connectivity index (χ1) is 14.5. The number of aryl methyl sites for hydroxylation is 1. The van der Waals surface area contributed by atoms with E-state index in [1.54, 1.807) is 11.5 Å². The van der Waals surface area contributed by atoms with Crippen LogP contribution in [0.15, 0.2) is 47.6 Å². The SMILES string of the molecule is CC(=O)N1CCc2ccccc2C1CC(=O)n1ccc(C)cc1=NC1CCCCC1. The summed E-state index contributed by atoms with van der Waals surface area (Å²) in [5.41, 5.74) is 4.16. The first-order valence-corrected chi connectivity index (χ1v) is 11.1. The number of benzene rings is 1. The molecule has 5 heteroatoms. The molecule has 4 rings (SSSR count). The molecule has 2 aliphatic rings. The summed E-state index contributed by atoms with van der Waals surface area (Å²) in [4.78, 5) is 32.5. The highest BCUT2D eigenvalue weighted by Crippen LogP contribution is 2.32. The van der Waals surface area contributed by atoms with Crippen molar-refractivity contribution in [3.8, 4) is 0 Å². The molecule has 1 fully saturated rings. The summed E-state index contributed by atoms with van der Waals surface area (Å²) >= 11 is 0. The molecule has 1 amide bonds. The zero-order chi connectivity index (χ0) is 21.1. The zero-order valence-electron chi connectivity index (χ0n) is 18.0. The van der Waals surface area contributed by atoms with Crippen molar-refractivity contribution in [1.82, 2.24) is 9.47 Å². The molecule has 0 spiro atoms. The Hall–Kier alpha value is -2.69. The van der Waals surface area contributed by atoms with Crippen LogP contribution in [0.3, 0.4) is 0 Å². The van der Waals surface area contributed by atoms with Crippen LogP contribution in [0, 0.1) is 6.92 Å². The molecule has 0 radical (unpaired) electrons. The second kappa shape index (κ2) is 8.99. The van der Waals surface area contributed by atoms with E-state index in [4.69, 9.17) is 4.99 Å². The average molecular weight is 406 g/mol. The number of hydrogen-bond donors (Lipinski definition) is 0. The molecule has 2 heterocycles. The lowest BCUT2D eigenvalue weighted by atomic mass is 9.90. The van der Waals surface area contributed by atoms with E-state index in [1.165, 1.54) is 24.8 Å². The number of carbonyl (C=O) groups excluding carboxylic acids is 2. The van der Waals surface area contributed by atoms with Crippen molar-refractivity contribution in [3.63, 3.8) is 0 Å². The van der Waals surface area contributed by atoms with Crippen LogP contribution in [0.2, 0.25) is 0 Å². The lowest BCUT2D eigenvalue weighted by Gasteiger charge is -2.36. The Kier molecular flexibility index (Phi) is 6.16. The van der Waals surface area contributed by atoms with E-state index in [1.807, 2.05) is 42.3 Å². The van der Waals surface area contributed by atoms with Crippen molar-refractivity contribution < 1.29 is 9.59 Å². The minimum atomic E-state index is -0.226. The molecule has 1 unspecified atom stereocenters. The molecule has 1 atom stereocenters. The van der Waals surface area contributed by atoms with E-state index < -0.39 is 0 Å². The topological polar surface area (TPSA) is 54.7 Å². The zero-order valence-corrected chi connectivity index (χ0v) is 18.0. The van der Waals surface area contributed by atoms with Gasteiger partial charge in [-0.15, -0.1) is 0 Å². The van der Waals surface area contributed by atoms with Crippen molar-refractivity contribution in [2.45, 2.75) is 70.9 Å². The van der Waals surface area contributed by atoms with Crippen molar-refractivity contribution in [3.05, 3.63) is 64.8 Å². The lowest BCUT2D eigenvalue weighted by molar-refractivity contribution is -0.131. The van der Waals surface area contributed by atoms with Crippen LogP contribution in [-0.4, -0.2) is 33.9 Å². The van der Waals surface area contributed by atoms with Gasteiger partial charge in [-0.3, -0.25) is 19.1 Å². The molecule has 30 heavy (non-hydrogen) atoms. The van der Waals surface area contributed by atoms with Crippen LogP contribution in [0.25, 0.3) is 0 Å². The Morgan fingerprint density at radius 2 is 1.87 bits per heavy atom. The van der Waals surface area contributed by atoms with Gasteiger partial charge in [0, 0.05) is 19.7 Å². The van der Waals surface area contributed by atoms with E-state index in [-0.39, 0.29) is 24.3 Å². The summed E-state index contributed by atoms with van der Waals surface area (Å²) in [7, 11) is 0. The summed E-state index contributed by atoms with van der Waals surface area (Å²) in [6.45, 7) is 4.28. The van der Waals surface area contributed by atoms with Gasteiger partial charge in [0.2, 0.25) is 11.8 Å². The molecule has 1 aromatic heterocycles. The van der Waals surface area contributed by atoms with Crippen molar-refractivity contribution in [2.75, 3.05) is 6.54 Å². The van der Waals surface area contributed by atoms with Crippen LogP contribution in [0.4, 0.5) is 0 Å². The third-order valence-electron chi connectivity index (χ3n) is 6.43. The molecule has 0 bridgehead atoms. The number of amides is 1. The van der Waals surface area contributed by atoms with Gasteiger partial charge in [-0.05, 0) is 55.0 Å².